The SMILES string of the molecule is C=CCn1c(-c2cc(C)oc2C)cn2cc(C(=O)NC(C)C3CC3)nc2c1=O. The number of nitrogens with zero attached hydrogens (tertiary/aromatic N) is 3. The third-order valence-corrected chi connectivity index (χ3v) is 5.27. The Morgan fingerprint density at radius 3 is 2.79 bits per heavy atom. The van der Waals surface area contributed by atoms with Gasteiger partial charge in [-0.05, 0) is 45.6 Å². The molecule has 0 bridgehead atoms. The lowest BCUT2D eigenvalue weighted by Gasteiger charge is -2.11. The molecule has 1 saturated carbocycles. The number of hydrogen-bond acceptors (Lipinski definition) is 4. The Kier molecular flexibility index (Phi) is 4.45. The quantitative estimate of drug-likeness (QED) is 0.666. The third-order valence-electron chi connectivity index (χ3n) is 5.27. The number of aryl methyl sites for hydroxylation is 2. The molecule has 0 saturated heterocycles. The molecule has 4 rings (SSSR count). The summed E-state index contributed by atoms with van der Waals surface area (Å²) in [5.41, 5.74) is 1.72. The summed E-state index contributed by atoms with van der Waals surface area (Å²) in [5, 5.41) is 2.98. The van der Waals surface area contributed by atoms with Gasteiger partial charge in [-0.1, -0.05) is 6.08 Å². The van der Waals surface area contributed by atoms with E-state index >= 15 is 0 Å². The van der Waals surface area contributed by atoms with Crippen LogP contribution in [0.5, 0.6) is 0 Å². The van der Waals surface area contributed by atoms with Crippen molar-refractivity contribution in [2.24, 2.45) is 5.92 Å². The monoisotopic (exact) mass is 380 g/mol. The Bertz CT molecular complexity index is 1130. The smallest absolute Gasteiger partial charge is 0.295 e. The maximum atomic E-state index is 13.1. The van der Waals surface area contributed by atoms with Crippen LogP contribution in [-0.4, -0.2) is 25.9 Å². The van der Waals surface area contributed by atoms with Crippen LogP contribution in [-0.2, 0) is 6.54 Å². The molecule has 1 unspecified atom stereocenters. The maximum absolute atomic E-state index is 13.1. The minimum atomic E-state index is -0.273. The summed E-state index contributed by atoms with van der Waals surface area (Å²) in [4.78, 5) is 30.0. The van der Waals surface area contributed by atoms with E-state index in [1.54, 1.807) is 21.2 Å². The molecular weight excluding hydrogens is 356 g/mol. The molecule has 1 aliphatic rings. The number of furan rings is 1. The van der Waals surface area contributed by atoms with Crippen LogP contribution in [0.15, 0.2) is 40.3 Å². The molecule has 0 spiro atoms. The second kappa shape index (κ2) is 6.82. The van der Waals surface area contributed by atoms with E-state index in [1.807, 2.05) is 33.0 Å². The van der Waals surface area contributed by atoms with Crippen molar-refractivity contribution < 1.29 is 9.21 Å². The molecular formula is C21H24N4O3. The standard InChI is InChI=1S/C21H24N4O3/c1-5-8-25-18(16-9-12(2)28-14(16)4)11-24-10-17(23-19(24)21(25)27)20(26)22-13(3)15-6-7-15/h5,9-11,13,15H,1,6-8H2,2-4H3,(H,22,26). The van der Waals surface area contributed by atoms with E-state index in [-0.39, 0.29) is 28.8 Å². The van der Waals surface area contributed by atoms with E-state index in [0.29, 0.717) is 18.2 Å². The van der Waals surface area contributed by atoms with E-state index in [4.69, 9.17) is 4.42 Å². The first-order valence-electron chi connectivity index (χ1n) is 9.50. The Hall–Kier alpha value is -3.09. The number of amides is 1. The molecule has 0 radical (unpaired) electrons. The van der Waals surface area contributed by atoms with Gasteiger partial charge in [-0.3, -0.25) is 18.6 Å². The summed E-state index contributed by atoms with van der Waals surface area (Å²) in [6, 6.07) is 2.01. The van der Waals surface area contributed by atoms with Crippen LogP contribution in [0.4, 0.5) is 0 Å². The summed E-state index contributed by atoms with van der Waals surface area (Å²) in [5.74, 6) is 1.79. The van der Waals surface area contributed by atoms with Crippen LogP contribution >= 0.6 is 0 Å². The lowest BCUT2D eigenvalue weighted by molar-refractivity contribution is 0.0931. The fourth-order valence-corrected chi connectivity index (χ4v) is 3.60. The van der Waals surface area contributed by atoms with E-state index in [2.05, 4.69) is 16.9 Å². The van der Waals surface area contributed by atoms with Gasteiger partial charge in [0.25, 0.3) is 11.5 Å². The topological polar surface area (TPSA) is 81.5 Å². The molecule has 1 fully saturated rings. The molecule has 7 nitrogen and oxygen atoms in total. The summed E-state index contributed by atoms with van der Waals surface area (Å²) in [7, 11) is 0. The number of carbonyl (C=O) groups is 1. The summed E-state index contributed by atoms with van der Waals surface area (Å²) >= 11 is 0. The van der Waals surface area contributed by atoms with Crippen molar-refractivity contribution in [3.8, 4) is 11.3 Å². The van der Waals surface area contributed by atoms with Crippen LogP contribution in [0.1, 0.15) is 41.8 Å². The van der Waals surface area contributed by atoms with Crippen LogP contribution in [0, 0.1) is 19.8 Å². The highest BCUT2D eigenvalue weighted by Crippen LogP contribution is 2.32. The molecule has 1 aliphatic carbocycles. The van der Waals surface area contributed by atoms with Gasteiger partial charge in [0.05, 0.1) is 5.69 Å². The first-order chi connectivity index (χ1) is 13.4. The number of fused-ring (bicyclic) bond motifs is 1. The Morgan fingerprint density at radius 1 is 1.43 bits per heavy atom. The Balaban J connectivity index is 1.81. The number of nitrogens with one attached hydrogen (secondary N) is 1. The number of imidazole rings is 1. The molecule has 1 atom stereocenters. The van der Waals surface area contributed by atoms with E-state index in [1.165, 1.54) is 0 Å². The minimum Gasteiger partial charge on any atom is -0.466 e. The highest BCUT2D eigenvalue weighted by molar-refractivity contribution is 5.93. The van der Waals surface area contributed by atoms with Crippen molar-refractivity contribution in [1.29, 1.82) is 0 Å². The highest BCUT2D eigenvalue weighted by Gasteiger charge is 2.29. The number of rotatable bonds is 6. The molecule has 1 N–H and O–H groups in total. The lowest BCUT2D eigenvalue weighted by atomic mass is 10.2. The number of carbonyl (C=O) groups excluding carboxylic acids is 1. The number of allylic oxidation sites excluding steroid dienone is 1. The fraction of sp³-hybridized carbons (Fsp3) is 0.381. The van der Waals surface area contributed by atoms with Gasteiger partial charge in [0.1, 0.15) is 17.2 Å². The van der Waals surface area contributed by atoms with Gasteiger partial charge in [0.15, 0.2) is 0 Å². The summed E-state index contributed by atoms with van der Waals surface area (Å²) in [6.07, 6.45) is 7.37. The fourth-order valence-electron chi connectivity index (χ4n) is 3.60. The molecule has 3 heterocycles. The molecule has 146 valence electrons. The molecule has 3 aromatic heterocycles. The first kappa shape index (κ1) is 18.3. The van der Waals surface area contributed by atoms with Crippen LogP contribution in [0.2, 0.25) is 0 Å². The lowest BCUT2D eigenvalue weighted by Crippen LogP contribution is -2.34. The zero-order valence-corrected chi connectivity index (χ0v) is 16.4. The van der Waals surface area contributed by atoms with Crippen LogP contribution in [0.25, 0.3) is 16.9 Å². The number of aromatic nitrogens is 3. The van der Waals surface area contributed by atoms with Crippen molar-refractivity contribution in [3.05, 3.63) is 58.7 Å². The number of hydrogen-bond donors (Lipinski definition) is 1. The second-order valence-corrected chi connectivity index (χ2v) is 7.50. The predicted octanol–water partition coefficient (Wildman–Crippen LogP) is 3.09. The largest absolute Gasteiger partial charge is 0.466 e. The first-order valence-corrected chi connectivity index (χ1v) is 9.50. The third kappa shape index (κ3) is 3.17. The Labute approximate surface area is 162 Å². The van der Waals surface area contributed by atoms with E-state index < -0.39 is 0 Å². The van der Waals surface area contributed by atoms with Gasteiger partial charge >= 0.3 is 0 Å². The average Bonchev–Trinajstić information content (AvgIpc) is 3.32. The predicted molar refractivity (Wildman–Crippen MR) is 106 cm³/mol. The Morgan fingerprint density at radius 2 is 2.18 bits per heavy atom. The van der Waals surface area contributed by atoms with Crippen molar-refractivity contribution in [3.63, 3.8) is 0 Å². The molecule has 7 heteroatoms. The zero-order valence-electron chi connectivity index (χ0n) is 16.4. The molecule has 1 amide bonds. The zero-order chi connectivity index (χ0) is 20.0. The summed E-state index contributed by atoms with van der Waals surface area (Å²) < 4.78 is 8.86. The normalized spacial score (nSPS) is 15.0. The van der Waals surface area contributed by atoms with Gasteiger partial charge < -0.3 is 9.73 Å². The van der Waals surface area contributed by atoms with E-state index in [9.17, 15) is 9.59 Å². The van der Waals surface area contributed by atoms with Crippen molar-refractivity contribution in [2.75, 3.05) is 0 Å². The average molecular weight is 380 g/mol. The minimum absolute atomic E-state index is 0.113. The molecule has 3 aromatic rings. The van der Waals surface area contributed by atoms with Gasteiger partial charge in [0.2, 0.25) is 5.65 Å². The summed E-state index contributed by atoms with van der Waals surface area (Å²) in [6.45, 7) is 9.82. The van der Waals surface area contributed by atoms with Crippen molar-refractivity contribution >= 4 is 11.6 Å². The second-order valence-electron chi connectivity index (χ2n) is 7.50. The van der Waals surface area contributed by atoms with E-state index in [0.717, 1.165) is 29.9 Å². The van der Waals surface area contributed by atoms with Crippen LogP contribution < -0.4 is 10.9 Å². The molecule has 0 aromatic carbocycles. The van der Waals surface area contributed by atoms with Crippen LogP contribution in [0.3, 0.4) is 0 Å². The van der Waals surface area contributed by atoms with Gasteiger partial charge in [-0.25, -0.2) is 4.98 Å². The maximum Gasteiger partial charge on any atom is 0.295 e. The van der Waals surface area contributed by atoms with Gasteiger partial charge in [-0.15, -0.1) is 6.58 Å². The molecule has 0 aliphatic heterocycles. The van der Waals surface area contributed by atoms with Gasteiger partial charge in [0, 0.05) is 30.5 Å². The van der Waals surface area contributed by atoms with Gasteiger partial charge in [-0.2, -0.15) is 0 Å². The van der Waals surface area contributed by atoms with Crippen molar-refractivity contribution in [2.45, 2.75) is 46.2 Å². The van der Waals surface area contributed by atoms with Crippen molar-refractivity contribution in [1.82, 2.24) is 19.3 Å². The molecule has 28 heavy (non-hydrogen) atoms. The highest BCUT2D eigenvalue weighted by atomic mass is 16.3.